The van der Waals surface area contributed by atoms with Crippen LogP contribution in [0.5, 0.6) is 5.75 Å². The van der Waals surface area contributed by atoms with Crippen LogP contribution in [0.4, 0.5) is 0 Å². The molecular formula is C27H35ClN4O3. The van der Waals surface area contributed by atoms with Gasteiger partial charge in [-0.05, 0) is 63.8 Å². The summed E-state index contributed by atoms with van der Waals surface area (Å²) in [5.74, 6) is 0.292. The third-order valence-electron chi connectivity index (χ3n) is 6.04. The monoisotopic (exact) mass is 498 g/mol. The Morgan fingerprint density at radius 3 is 2.54 bits per heavy atom. The molecule has 1 heterocycles. The van der Waals surface area contributed by atoms with Crippen LogP contribution in [0.2, 0.25) is 5.02 Å². The number of nitrogens with one attached hydrogen (secondary N) is 1. The van der Waals surface area contributed by atoms with E-state index in [-0.39, 0.29) is 30.7 Å². The predicted octanol–water partition coefficient (Wildman–Crippen LogP) is 4.18. The Kier molecular flexibility index (Phi) is 9.05. The summed E-state index contributed by atoms with van der Waals surface area (Å²) < 4.78 is 5.63. The lowest BCUT2D eigenvalue weighted by Crippen LogP contribution is -2.41. The van der Waals surface area contributed by atoms with Crippen molar-refractivity contribution in [3.05, 3.63) is 64.2 Å². The second-order valence-electron chi connectivity index (χ2n) is 9.26. The molecule has 1 amide bonds. The minimum Gasteiger partial charge on any atom is -0.489 e. The van der Waals surface area contributed by atoms with Gasteiger partial charge in [-0.3, -0.25) is 14.8 Å². The van der Waals surface area contributed by atoms with Gasteiger partial charge in [-0.1, -0.05) is 42.8 Å². The fraction of sp³-hybridized carbons (Fsp3) is 0.444. The Labute approximate surface area is 212 Å². The van der Waals surface area contributed by atoms with Crippen molar-refractivity contribution in [2.45, 2.75) is 70.8 Å². The van der Waals surface area contributed by atoms with Gasteiger partial charge < -0.3 is 20.9 Å². The zero-order chi connectivity index (χ0) is 25.6. The highest BCUT2D eigenvalue weighted by molar-refractivity contribution is 6.39. The number of carbonyl (C=O) groups is 1. The molecule has 3 atom stereocenters. The maximum absolute atomic E-state index is 12.8. The topological polar surface area (TPSA) is 109 Å². The Morgan fingerprint density at radius 2 is 1.94 bits per heavy atom. The minimum atomic E-state index is -0.624. The molecule has 2 aromatic rings. The first-order valence-electron chi connectivity index (χ1n) is 12.0. The number of halogens is 1. The standard InChI is InChI=1S/C27H35ClN4O3/c1-5-25(29)27(4)30-16-23(32-27)19-8-6-18(7-9-19)14-21(12-13-33)31-26(34)20-10-11-24(22(28)15-20)35-17(2)3/h6-11,15-17,21,25,33H,5,12-14,29H2,1-4H3,(H,31,34)/t21-,25-,27?/m1/s1. The molecule has 4 N–H and O–H groups in total. The van der Waals surface area contributed by atoms with Crippen LogP contribution in [0.1, 0.15) is 62.0 Å². The fourth-order valence-corrected chi connectivity index (χ4v) is 4.16. The zero-order valence-electron chi connectivity index (χ0n) is 20.8. The van der Waals surface area contributed by atoms with Gasteiger partial charge in [-0.15, -0.1) is 0 Å². The number of benzene rings is 2. The summed E-state index contributed by atoms with van der Waals surface area (Å²) in [6, 6.07) is 12.6. The van der Waals surface area contributed by atoms with Crippen LogP contribution < -0.4 is 15.8 Å². The highest BCUT2D eigenvalue weighted by Crippen LogP contribution is 2.27. The third kappa shape index (κ3) is 6.90. The van der Waals surface area contributed by atoms with Gasteiger partial charge >= 0.3 is 0 Å². The van der Waals surface area contributed by atoms with E-state index in [1.807, 2.05) is 52.0 Å². The van der Waals surface area contributed by atoms with Crippen molar-refractivity contribution < 1.29 is 14.6 Å². The molecule has 2 aromatic carbocycles. The van der Waals surface area contributed by atoms with Crippen molar-refractivity contribution in [2.24, 2.45) is 15.7 Å². The van der Waals surface area contributed by atoms with Crippen LogP contribution in [0.25, 0.3) is 0 Å². The summed E-state index contributed by atoms with van der Waals surface area (Å²) in [6.45, 7) is 7.77. The van der Waals surface area contributed by atoms with Crippen molar-refractivity contribution in [3.8, 4) is 5.75 Å². The number of amides is 1. The molecule has 0 radical (unpaired) electrons. The molecule has 0 aromatic heterocycles. The smallest absolute Gasteiger partial charge is 0.251 e. The average Bonchev–Trinajstić information content (AvgIpc) is 3.23. The number of carbonyl (C=O) groups excluding carboxylic acids is 1. The van der Waals surface area contributed by atoms with Crippen LogP contribution in [0, 0.1) is 0 Å². The van der Waals surface area contributed by atoms with Gasteiger partial charge in [0.1, 0.15) is 5.75 Å². The fourth-order valence-electron chi connectivity index (χ4n) is 3.94. The van der Waals surface area contributed by atoms with Gasteiger partial charge in [0.15, 0.2) is 5.66 Å². The molecule has 0 aliphatic carbocycles. The lowest BCUT2D eigenvalue weighted by molar-refractivity contribution is 0.0930. The minimum absolute atomic E-state index is 0.0149. The lowest BCUT2D eigenvalue weighted by atomic mass is 10.00. The summed E-state index contributed by atoms with van der Waals surface area (Å²) in [4.78, 5) is 22.1. The van der Waals surface area contributed by atoms with Crippen molar-refractivity contribution in [3.63, 3.8) is 0 Å². The van der Waals surface area contributed by atoms with E-state index in [1.54, 1.807) is 24.4 Å². The average molecular weight is 499 g/mol. The van der Waals surface area contributed by atoms with E-state index in [0.29, 0.717) is 29.2 Å². The van der Waals surface area contributed by atoms with E-state index in [0.717, 1.165) is 23.3 Å². The first kappa shape index (κ1) is 26.9. The molecular weight excluding hydrogens is 464 g/mol. The maximum Gasteiger partial charge on any atom is 0.251 e. The zero-order valence-corrected chi connectivity index (χ0v) is 21.5. The molecule has 0 bridgehead atoms. The summed E-state index contributed by atoms with van der Waals surface area (Å²) in [5.41, 5.74) is 8.81. The van der Waals surface area contributed by atoms with E-state index in [4.69, 9.17) is 27.1 Å². The van der Waals surface area contributed by atoms with Gasteiger partial charge in [-0.25, -0.2) is 0 Å². The molecule has 1 unspecified atom stereocenters. The van der Waals surface area contributed by atoms with E-state index in [2.05, 4.69) is 10.3 Å². The highest BCUT2D eigenvalue weighted by Gasteiger charge is 2.32. The third-order valence-corrected chi connectivity index (χ3v) is 6.33. The van der Waals surface area contributed by atoms with Crippen molar-refractivity contribution >= 4 is 29.4 Å². The normalized spacial score (nSPS) is 18.9. The first-order valence-corrected chi connectivity index (χ1v) is 12.4. The maximum atomic E-state index is 12.8. The number of rotatable bonds is 11. The van der Waals surface area contributed by atoms with Gasteiger partial charge in [0, 0.05) is 29.8 Å². The summed E-state index contributed by atoms with van der Waals surface area (Å²) in [7, 11) is 0. The SMILES string of the molecule is CC[C@@H](N)C1(C)N=CC(c2ccc(C[C@@H](CCO)NC(=O)c3ccc(OC(C)C)c(Cl)c3)cc2)=N1. The number of aliphatic hydroxyl groups excluding tert-OH is 1. The lowest BCUT2D eigenvalue weighted by Gasteiger charge is -2.24. The van der Waals surface area contributed by atoms with Gasteiger partial charge in [0.05, 0.1) is 23.1 Å². The largest absolute Gasteiger partial charge is 0.489 e. The number of nitrogens with two attached hydrogens (primary N) is 1. The van der Waals surface area contributed by atoms with Gasteiger partial charge in [0.25, 0.3) is 5.91 Å². The molecule has 1 aliphatic rings. The van der Waals surface area contributed by atoms with Crippen LogP contribution in [-0.4, -0.2) is 53.4 Å². The quantitative estimate of drug-likeness (QED) is 0.431. The summed E-state index contributed by atoms with van der Waals surface area (Å²) in [6.07, 6.45) is 3.57. The Bertz CT molecular complexity index is 1080. The van der Waals surface area contributed by atoms with Crippen LogP contribution in [-0.2, 0) is 6.42 Å². The molecule has 3 rings (SSSR count). The molecule has 0 saturated carbocycles. The molecule has 7 nitrogen and oxygen atoms in total. The van der Waals surface area contributed by atoms with E-state index < -0.39 is 5.66 Å². The number of aliphatic hydroxyl groups is 1. The summed E-state index contributed by atoms with van der Waals surface area (Å²) in [5, 5.41) is 12.9. The van der Waals surface area contributed by atoms with Crippen LogP contribution >= 0.6 is 11.6 Å². The van der Waals surface area contributed by atoms with Gasteiger partial charge in [-0.2, -0.15) is 0 Å². The number of ether oxygens (including phenoxy) is 1. The van der Waals surface area contributed by atoms with Crippen LogP contribution in [0.3, 0.4) is 0 Å². The van der Waals surface area contributed by atoms with E-state index >= 15 is 0 Å². The van der Waals surface area contributed by atoms with Crippen molar-refractivity contribution in [1.29, 1.82) is 0 Å². The Balaban J connectivity index is 1.67. The summed E-state index contributed by atoms with van der Waals surface area (Å²) >= 11 is 6.29. The molecule has 188 valence electrons. The predicted molar refractivity (Wildman–Crippen MR) is 142 cm³/mol. The Hall–Kier alpha value is -2.74. The molecule has 1 aliphatic heterocycles. The van der Waals surface area contributed by atoms with Crippen LogP contribution in [0.15, 0.2) is 52.4 Å². The number of hydrogen-bond donors (Lipinski definition) is 3. The number of nitrogens with zero attached hydrogens (tertiary/aromatic N) is 2. The molecule has 0 spiro atoms. The molecule has 0 fully saturated rings. The second-order valence-corrected chi connectivity index (χ2v) is 9.67. The first-order chi connectivity index (χ1) is 16.6. The number of aliphatic imine (C=N–C) groups is 2. The number of hydrogen-bond acceptors (Lipinski definition) is 6. The van der Waals surface area contributed by atoms with E-state index in [9.17, 15) is 9.90 Å². The van der Waals surface area contributed by atoms with E-state index in [1.165, 1.54) is 0 Å². The molecule has 0 saturated heterocycles. The molecule has 35 heavy (non-hydrogen) atoms. The highest BCUT2D eigenvalue weighted by atomic mass is 35.5. The van der Waals surface area contributed by atoms with Crippen molar-refractivity contribution in [2.75, 3.05) is 6.61 Å². The van der Waals surface area contributed by atoms with Crippen molar-refractivity contribution in [1.82, 2.24) is 5.32 Å². The molecule has 8 heteroatoms. The second kappa shape index (κ2) is 11.8. The Morgan fingerprint density at radius 1 is 1.23 bits per heavy atom. The van der Waals surface area contributed by atoms with Gasteiger partial charge in [0.2, 0.25) is 0 Å².